The molecular formula is C26H24N2O7. The molecule has 0 unspecified atom stereocenters. The second-order valence-electron chi connectivity index (χ2n) is 8.25. The van der Waals surface area contributed by atoms with Crippen LogP contribution in [0.4, 0.5) is 0 Å². The zero-order valence-corrected chi connectivity index (χ0v) is 19.6. The molecule has 0 N–H and O–H groups in total. The monoisotopic (exact) mass is 476 g/mol. The third-order valence-electron chi connectivity index (χ3n) is 6.00. The Morgan fingerprint density at radius 3 is 1.94 bits per heavy atom. The number of allylic oxidation sites excluding steroid dienone is 2. The van der Waals surface area contributed by atoms with Crippen LogP contribution in [0.15, 0.2) is 53.9 Å². The number of carbonyl (C=O) groups is 3. The molecule has 5 rings (SSSR count). The number of carbonyl (C=O) groups excluding carboxylic acids is 3. The van der Waals surface area contributed by atoms with Crippen molar-refractivity contribution >= 4 is 23.1 Å². The number of nitrogens with zero attached hydrogens (tertiary/aromatic N) is 2. The van der Waals surface area contributed by atoms with Gasteiger partial charge in [-0.05, 0) is 29.8 Å². The molecule has 2 fully saturated rings. The first kappa shape index (κ1) is 22.5. The van der Waals surface area contributed by atoms with Crippen LogP contribution in [0.1, 0.15) is 15.9 Å². The van der Waals surface area contributed by atoms with Crippen LogP contribution in [0.3, 0.4) is 0 Å². The van der Waals surface area contributed by atoms with E-state index < -0.39 is 5.97 Å². The number of hydrogen-bond acceptors (Lipinski definition) is 9. The first-order valence-corrected chi connectivity index (χ1v) is 11.1. The van der Waals surface area contributed by atoms with Gasteiger partial charge in [0, 0.05) is 32.3 Å². The smallest absolute Gasteiger partial charge is 0.343 e. The van der Waals surface area contributed by atoms with Crippen LogP contribution in [0, 0.1) is 0 Å². The standard InChI is InChI=1S/C26H24N2O7/c1-32-20-12-16(13-21(33-2)25(20)34-3)26(31)35-17-6-4-15(5-7-17)22-23(28-10-11-28)19(29)14-18(24(22)30)27-8-9-27/h4-7,12-14H,8-11H2,1-3H3. The molecule has 2 aromatic rings. The molecule has 35 heavy (non-hydrogen) atoms. The van der Waals surface area contributed by atoms with E-state index in [0.717, 1.165) is 26.2 Å². The van der Waals surface area contributed by atoms with E-state index >= 15 is 0 Å². The summed E-state index contributed by atoms with van der Waals surface area (Å²) in [5.41, 5.74) is 2.08. The number of esters is 1. The molecule has 2 aliphatic heterocycles. The second-order valence-corrected chi connectivity index (χ2v) is 8.25. The van der Waals surface area contributed by atoms with E-state index in [1.54, 1.807) is 24.3 Å². The van der Waals surface area contributed by atoms with E-state index in [-0.39, 0.29) is 22.9 Å². The van der Waals surface area contributed by atoms with Gasteiger partial charge < -0.3 is 28.7 Å². The molecule has 0 amide bonds. The lowest BCUT2D eigenvalue weighted by Crippen LogP contribution is -2.25. The van der Waals surface area contributed by atoms with Crippen molar-refractivity contribution in [3.8, 4) is 23.0 Å². The molecule has 0 atom stereocenters. The highest BCUT2D eigenvalue weighted by molar-refractivity contribution is 6.37. The lowest BCUT2D eigenvalue weighted by atomic mass is 9.91. The summed E-state index contributed by atoms with van der Waals surface area (Å²) in [4.78, 5) is 42.6. The van der Waals surface area contributed by atoms with E-state index in [1.807, 2.05) is 9.80 Å². The molecular weight excluding hydrogens is 452 g/mol. The van der Waals surface area contributed by atoms with Crippen molar-refractivity contribution in [3.05, 3.63) is 65.0 Å². The van der Waals surface area contributed by atoms with Gasteiger partial charge in [-0.3, -0.25) is 9.59 Å². The topological polar surface area (TPSA) is 94.2 Å². The van der Waals surface area contributed by atoms with E-state index in [1.165, 1.54) is 39.5 Å². The summed E-state index contributed by atoms with van der Waals surface area (Å²) in [5.74, 6) is 0.394. The Labute approximate surface area is 202 Å². The maximum absolute atomic E-state index is 13.3. The minimum atomic E-state index is -0.614. The Hall–Kier alpha value is -4.27. The van der Waals surface area contributed by atoms with Gasteiger partial charge in [0.1, 0.15) is 5.75 Å². The molecule has 2 aromatic carbocycles. The summed E-state index contributed by atoms with van der Waals surface area (Å²) in [6, 6.07) is 9.59. The van der Waals surface area contributed by atoms with E-state index in [2.05, 4.69) is 0 Å². The maximum atomic E-state index is 13.3. The molecule has 0 radical (unpaired) electrons. The zero-order chi connectivity index (χ0) is 24.7. The molecule has 9 nitrogen and oxygen atoms in total. The van der Waals surface area contributed by atoms with Gasteiger partial charge in [0.25, 0.3) is 0 Å². The Balaban J connectivity index is 1.40. The van der Waals surface area contributed by atoms with Crippen LogP contribution in [0.5, 0.6) is 23.0 Å². The molecule has 9 heteroatoms. The van der Waals surface area contributed by atoms with E-state index in [0.29, 0.717) is 39.8 Å². The van der Waals surface area contributed by atoms with Gasteiger partial charge in [0.05, 0.1) is 43.9 Å². The van der Waals surface area contributed by atoms with Crippen molar-refractivity contribution in [3.63, 3.8) is 0 Å². The molecule has 0 bridgehead atoms. The largest absolute Gasteiger partial charge is 0.493 e. The molecule has 180 valence electrons. The Morgan fingerprint density at radius 2 is 1.43 bits per heavy atom. The number of rotatable bonds is 8. The van der Waals surface area contributed by atoms with Gasteiger partial charge in [-0.25, -0.2) is 4.79 Å². The van der Waals surface area contributed by atoms with E-state index in [4.69, 9.17) is 18.9 Å². The highest BCUT2D eigenvalue weighted by Crippen LogP contribution is 2.39. The number of benzene rings is 2. The fourth-order valence-corrected chi connectivity index (χ4v) is 4.05. The van der Waals surface area contributed by atoms with Gasteiger partial charge in [-0.15, -0.1) is 0 Å². The third kappa shape index (κ3) is 4.21. The predicted molar refractivity (Wildman–Crippen MR) is 126 cm³/mol. The highest BCUT2D eigenvalue weighted by atomic mass is 16.5. The van der Waals surface area contributed by atoms with Crippen molar-refractivity contribution in [1.82, 2.24) is 9.80 Å². The quantitative estimate of drug-likeness (QED) is 0.246. The highest BCUT2D eigenvalue weighted by Gasteiger charge is 2.39. The Kier molecular flexibility index (Phi) is 5.68. The molecule has 2 heterocycles. The fourth-order valence-electron chi connectivity index (χ4n) is 4.05. The molecule has 2 saturated heterocycles. The average Bonchev–Trinajstić information content (AvgIpc) is 3.78. The van der Waals surface area contributed by atoms with Crippen molar-refractivity contribution in [1.29, 1.82) is 0 Å². The number of ketones is 2. The normalized spacial score (nSPS) is 16.7. The van der Waals surface area contributed by atoms with Gasteiger partial charge in [-0.1, -0.05) is 12.1 Å². The zero-order valence-electron chi connectivity index (χ0n) is 19.6. The first-order valence-electron chi connectivity index (χ1n) is 11.1. The van der Waals surface area contributed by atoms with Gasteiger partial charge in [-0.2, -0.15) is 0 Å². The second kappa shape index (κ2) is 8.83. The summed E-state index contributed by atoms with van der Waals surface area (Å²) >= 11 is 0. The van der Waals surface area contributed by atoms with Crippen LogP contribution in [-0.2, 0) is 9.59 Å². The Morgan fingerprint density at radius 1 is 0.829 bits per heavy atom. The number of methoxy groups -OCH3 is 3. The van der Waals surface area contributed by atoms with Crippen LogP contribution in [0.25, 0.3) is 5.57 Å². The predicted octanol–water partition coefficient (Wildman–Crippen LogP) is 2.31. The Bertz CT molecular complexity index is 1260. The summed E-state index contributed by atoms with van der Waals surface area (Å²) in [6.07, 6.45) is 1.44. The van der Waals surface area contributed by atoms with Crippen LogP contribution in [0.2, 0.25) is 0 Å². The van der Waals surface area contributed by atoms with E-state index in [9.17, 15) is 14.4 Å². The molecule has 0 aromatic heterocycles. The van der Waals surface area contributed by atoms with Gasteiger partial charge in [0.15, 0.2) is 11.5 Å². The third-order valence-corrected chi connectivity index (χ3v) is 6.00. The van der Waals surface area contributed by atoms with Gasteiger partial charge >= 0.3 is 5.97 Å². The van der Waals surface area contributed by atoms with Crippen LogP contribution < -0.4 is 18.9 Å². The van der Waals surface area contributed by atoms with Crippen LogP contribution in [-0.4, -0.2) is 74.8 Å². The average molecular weight is 476 g/mol. The van der Waals surface area contributed by atoms with Crippen molar-refractivity contribution in [2.24, 2.45) is 0 Å². The molecule has 3 aliphatic rings. The summed E-state index contributed by atoms with van der Waals surface area (Å²) in [7, 11) is 4.40. The summed E-state index contributed by atoms with van der Waals surface area (Å²) in [5, 5.41) is 0. The lowest BCUT2D eigenvalue weighted by molar-refractivity contribution is -0.115. The lowest BCUT2D eigenvalue weighted by Gasteiger charge is -2.21. The minimum absolute atomic E-state index is 0.156. The molecule has 1 aliphatic carbocycles. The number of hydrogen-bond donors (Lipinski definition) is 0. The SMILES string of the molecule is COc1cc(C(=O)Oc2ccc(C3=C(N4CC4)C(=O)C=C(N4CC4)C3=O)cc2)cc(OC)c1OC. The molecule has 0 saturated carbocycles. The maximum Gasteiger partial charge on any atom is 0.343 e. The molecule has 0 spiro atoms. The number of Topliss-reactive ketones (excluding diaryl/α,β-unsaturated/α-hetero) is 1. The van der Waals surface area contributed by atoms with Gasteiger partial charge in [0.2, 0.25) is 17.3 Å². The minimum Gasteiger partial charge on any atom is -0.493 e. The summed E-state index contributed by atoms with van der Waals surface area (Å²) in [6.45, 7) is 3.03. The van der Waals surface area contributed by atoms with Crippen molar-refractivity contribution in [2.45, 2.75) is 0 Å². The number of ether oxygens (including phenoxy) is 4. The first-order chi connectivity index (χ1) is 16.9. The fraction of sp³-hybridized carbons (Fsp3) is 0.269. The van der Waals surface area contributed by atoms with Crippen molar-refractivity contribution < 1.29 is 33.3 Å². The van der Waals surface area contributed by atoms with Crippen LogP contribution >= 0.6 is 0 Å². The van der Waals surface area contributed by atoms with Crippen molar-refractivity contribution in [2.75, 3.05) is 47.5 Å². The summed E-state index contributed by atoms with van der Waals surface area (Å²) < 4.78 is 21.4.